The van der Waals surface area contributed by atoms with Crippen molar-refractivity contribution in [3.63, 3.8) is 0 Å². The maximum atomic E-state index is 12.8. The van der Waals surface area contributed by atoms with Crippen LogP contribution in [0.4, 0.5) is 17.1 Å². The van der Waals surface area contributed by atoms with Gasteiger partial charge in [0.15, 0.2) is 0 Å². The third kappa shape index (κ3) is 5.12. The molecule has 0 radical (unpaired) electrons. The Hall–Kier alpha value is -3.02. The summed E-state index contributed by atoms with van der Waals surface area (Å²) in [5, 5.41) is 6.03. The predicted molar refractivity (Wildman–Crippen MR) is 121 cm³/mol. The summed E-state index contributed by atoms with van der Waals surface area (Å²) in [6, 6.07) is 13.4. The highest BCUT2D eigenvalue weighted by atomic mass is 16.5. The Morgan fingerprint density at radius 1 is 1.07 bits per heavy atom. The van der Waals surface area contributed by atoms with Crippen molar-refractivity contribution in [2.24, 2.45) is 5.41 Å². The number of ether oxygens (including phenoxy) is 1. The number of nitrogens with one attached hydrogen (secondary N) is 2. The SMILES string of the molecule is CC(C)c1ccc(NC(=O)CNc2ccc3c(c2)N(C(=O)C(C)(C)C)CCO3)cc1. The summed E-state index contributed by atoms with van der Waals surface area (Å²) in [7, 11) is 0. The van der Waals surface area contributed by atoms with Gasteiger partial charge in [-0.15, -0.1) is 0 Å². The number of nitrogens with zero attached hydrogens (tertiary/aromatic N) is 1. The molecule has 2 aromatic rings. The molecule has 2 N–H and O–H groups in total. The van der Waals surface area contributed by atoms with Crippen molar-refractivity contribution in [2.45, 2.75) is 40.5 Å². The molecule has 6 heteroatoms. The number of amides is 2. The van der Waals surface area contributed by atoms with E-state index in [0.717, 1.165) is 17.1 Å². The fourth-order valence-electron chi connectivity index (χ4n) is 3.28. The average Bonchev–Trinajstić information content (AvgIpc) is 2.71. The van der Waals surface area contributed by atoms with E-state index in [9.17, 15) is 9.59 Å². The van der Waals surface area contributed by atoms with E-state index in [1.807, 2.05) is 63.2 Å². The first-order valence-corrected chi connectivity index (χ1v) is 10.4. The quantitative estimate of drug-likeness (QED) is 0.755. The number of hydrogen-bond donors (Lipinski definition) is 2. The minimum atomic E-state index is -0.483. The van der Waals surface area contributed by atoms with Crippen molar-refractivity contribution in [3.05, 3.63) is 48.0 Å². The van der Waals surface area contributed by atoms with Crippen LogP contribution in [-0.2, 0) is 9.59 Å². The Morgan fingerprint density at radius 2 is 1.73 bits per heavy atom. The van der Waals surface area contributed by atoms with Gasteiger partial charge in [-0.3, -0.25) is 9.59 Å². The Morgan fingerprint density at radius 3 is 2.37 bits per heavy atom. The van der Waals surface area contributed by atoms with E-state index in [4.69, 9.17) is 4.74 Å². The fourth-order valence-corrected chi connectivity index (χ4v) is 3.28. The first kappa shape index (κ1) is 21.7. The molecule has 0 unspecified atom stereocenters. The van der Waals surface area contributed by atoms with Gasteiger partial charge in [0.1, 0.15) is 12.4 Å². The molecule has 1 aliphatic rings. The summed E-state index contributed by atoms with van der Waals surface area (Å²) in [5.41, 5.74) is 3.01. The van der Waals surface area contributed by atoms with E-state index in [1.54, 1.807) is 4.90 Å². The highest BCUT2D eigenvalue weighted by Crippen LogP contribution is 2.36. The van der Waals surface area contributed by atoms with Crippen LogP contribution in [0.25, 0.3) is 0 Å². The van der Waals surface area contributed by atoms with Crippen LogP contribution in [0.2, 0.25) is 0 Å². The monoisotopic (exact) mass is 409 g/mol. The molecule has 2 aromatic carbocycles. The summed E-state index contributed by atoms with van der Waals surface area (Å²) in [6.07, 6.45) is 0. The van der Waals surface area contributed by atoms with Crippen LogP contribution >= 0.6 is 0 Å². The van der Waals surface area contributed by atoms with Crippen LogP contribution in [0.3, 0.4) is 0 Å². The minimum absolute atomic E-state index is 0.0480. The number of hydrogen-bond acceptors (Lipinski definition) is 4. The minimum Gasteiger partial charge on any atom is -0.490 e. The molecule has 0 atom stereocenters. The molecule has 0 saturated carbocycles. The standard InChI is InChI=1S/C24H31N3O3/c1-16(2)17-6-8-18(9-7-17)26-22(28)15-25-19-10-11-21-20(14-19)27(12-13-30-21)23(29)24(3,4)5/h6-11,14,16,25H,12-13,15H2,1-5H3,(H,26,28). The second-order valence-corrected chi connectivity index (χ2v) is 8.92. The van der Waals surface area contributed by atoms with Crippen LogP contribution in [-0.4, -0.2) is 31.5 Å². The molecule has 0 aromatic heterocycles. The van der Waals surface area contributed by atoms with E-state index >= 15 is 0 Å². The number of carbonyl (C=O) groups is 2. The lowest BCUT2D eigenvalue weighted by Crippen LogP contribution is -2.44. The molecular formula is C24H31N3O3. The topological polar surface area (TPSA) is 70.7 Å². The lowest BCUT2D eigenvalue weighted by Gasteiger charge is -2.34. The summed E-state index contributed by atoms with van der Waals surface area (Å²) in [5.74, 6) is 1.05. The van der Waals surface area contributed by atoms with Crippen molar-refractivity contribution in [1.29, 1.82) is 0 Å². The van der Waals surface area contributed by atoms with Gasteiger partial charge in [-0.05, 0) is 41.8 Å². The molecule has 1 heterocycles. The zero-order valence-corrected chi connectivity index (χ0v) is 18.4. The maximum Gasteiger partial charge on any atom is 0.243 e. The van der Waals surface area contributed by atoms with Gasteiger partial charge < -0.3 is 20.3 Å². The van der Waals surface area contributed by atoms with Crippen LogP contribution in [0.1, 0.15) is 46.1 Å². The molecule has 6 nitrogen and oxygen atoms in total. The second-order valence-electron chi connectivity index (χ2n) is 8.92. The zero-order chi connectivity index (χ0) is 21.9. The molecule has 0 aliphatic carbocycles. The lowest BCUT2D eigenvalue weighted by atomic mass is 9.94. The first-order valence-electron chi connectivity index (χ1n) is 10.4. The van der Waals surface area contributed by atoms with Gasteiger partial charge in [-0.2, -0.15) is 0 Å². The molecular weight excluding hydrogens is 378 g/mol. The predicted octanol–water partition coefficient (Wildman–Crippen LogP) is 4.63. The van der Waals surface area contributed by atoms with Gasteiger partial charge in [-0.25, -0.2) is 0 Å². The first-order chi connectivity index (χ1) is 14.1. The Bertz CT molecular complexity index is 914. The van der Waals surface area contributed by atoms with E-state index < -0.39 is 5.41 Å². The van der Waals surface area contributed by atoms with Gasteiger partial charge in [0.25, 0.3) is 0 Å². The number of benzene rings is 2. The average molecular weight is 410 g/mol. The molecule has 0 spiro atoms. The highest BCUT2D eigenvalue weighted by molar-refractivity contribution is 5.99. The van der Waals surface area contributed by atoms with E-state index in [0.29, 0.717) is 24.8 Å². The largest absolute Gasteiger partial charge is 0.490 e. The van der Waals surface area contributed by atoms with Gasteiger partial charge >= 0.3 is 0 Å². The fraction of sp³-hybridized carbons (Fsp3) is 0.417. The molecule has 0 bridgehead atoms. The van der Waals surface area contributed by atoms with E-state index in [2.05, 4.69) is 24.5 Å². The van der Waals surface area contributed by atoms with Gasteiger partial charge in [0.2, 0.25) is 11.8 Å². The molecule has 30 heavy (non-hydrogen) atoms. The van der Waals surface area contributed by atoms with Gasteiger partial charge in [0, 0.05) is 16.8 Å². The molecule has 1 aliphatic heterocycles. The third-order valence-corrected chi connectivity index (χ3v) is 5.02. The molecule has 160 valence electrons. The Balaban J connectivity index is 1.65. The number of anilines is 3. The Kier molecular flexibility index (Phi) is 6.34. The number of rotatable bonds is 5. The molecule has 0 fully saturated rings. The lowest BCUT2D eigenvalue weighted by molar-refractivity contribution is -0.126. The Labute approximate surface area is 178 Å². The van der Waals surface area contributed by atoms with Crippen molar-refractivity contribution in [1.82, 2.24) is 0 Å². The van der Waals surface area contributed by atoms with Crippen molar-refractivity contribution in [2.75, 3.05) is 35.2 Å². The molecule has 0 saturated heterocycles. The van der Waals surface area contributed by atoms with Crippen molar-refractivity contribution >= 4 is 28.9 Å². The smallest absolute Gasteiger partial charge is 0.243 e. The van der Waals surface area contributed by atoms with Gasteiger partial charge in [-0.1, -0.05) is 46.8 Å². The second kappa shape index (κ2) is 8.78. The van der Waals surface area contributed by atoms with Crippen LogP contribution in [0.15, 0.2) is 42.5 Å². The number of fused-ring (bicyclic) bond motifs is 1. The summed E-state index contributed by atoms with van der Waals surface area (Å²) in [4.78, 5) is 26.9. The number of carbonyl (C=O) groups excluding carboxylic acids is 2. The summed E-state index contributed by atoms with van der Waals surface area (Å²) >= 11 is 0. The summed E-state index contributed by atoms with van der Waals surface area (Å²) < 4.78 is 5.70. The highest BCUT2D eigenvalue weighted by Gasteiger charge is 2.31. The van der Waals surface area contributed by atoms with Crippen molar-refractivity contribution < 1.29 is 14.3 Å². The zero-order valence-electron chi connectivity index (χ0n) is 18.4. The van der Waals surface area contributed by atoms with Crippen LogP contribution in [0.5, 0.6) is 5.75 Å². The van der Waals surface area contributed by atoms with Crippen LogP contribution < -0.4 is 20.3 Å². The third-order valence-electron chi connectivity index (χ3n) is 5.02. The normalized spacial score (nSPS) is 13.5. The molecule has 2 amide bonds. The van der Waals surface area contributed by atoms with E-state index in [-0.39, 0.29) is 18.4 Å². The van der Waals surface area contributed by atoms with E-state index in [1.165, 1.54) is 5.56 Å². The molecule has 3 rings (SSSR count). The van der Waals surface area contributed by atoms with Crippen molar-refractivity contribution in [3.8, 4) is 5.75 Å². The summed E-state index contributed by atoms with van der Waals surface area (Å²) in [6.45, 7) is 11.1. The maximum absolute atomic E-state index is 12.8. The van der Waals surface area contributed by atoms with Gasteiger partial charge in [0.05, 0.1) is 18.8 Å². The van der Waals surface area contributed by atoms with Crippen LogP contribution in [0, 0.1) is 5.41 Å².